The lowest BCUT2D eigenvalue weighted by Gasteiger charge is -2.35. The maximum absolute atomic E-state index is 12.2. The predicted octanol–water partition coefficient (Wildman–Crippen LogP) is 1.24. The first-order valence-electron chi connectivity index (χ1n) is 7.49. The van der Waals surface area contributed by atoms with Gasteiger partial charge < -0.3 is 9.47 Å². The molecule has 1 aliphatic heterocycles. The lowest BCUT2D eigenvalue weighted by atomic mass is 9.91. The second-order valence-corrected chi connectivity index (χ2v) is 7.49. The van der Waals surface area contributed by atoms with Crippen LogP contribution in [0.3, 0.4) is 0 Å². The minimum atomic E-state index is -3.37. The van der Waals surface area contributed by atoms with Crippen molar-refractivity contribution in [3.63, 3.8) is 0 Å². The van der Waals surface area contributed by atoms with Gasteiger partial charge in [-0.1, -0.05) is 13.3 Å². The van der Waals surface area contributed by atoms with Gasteiger partial charge in [0, 0.05) is 32.5 Å². The van der Waals surface area contributed by atoms with Gasteiger partial charge in [-0.25, -0.2) is 0 Å². The van der Waals surface area contributed by atoms with Crippen molar-refractivity contribution in [2.75, 3.05) is 26.8 Å². The van der Waals surface area contributed by atoms with E-state index < -0.39 is 16.0 Å². The monoisotopic (exact) mass is 306 g/mol. The number of ether oxygens (including phenoxy) is 2. The normalized spacial score (nSPS) is 23.8. The predicted molar refractivity (Wildman–Crippen MR) is 76.5 cm³/mol. The van der Waals surface area contributed by atoms with Gasteiger partial charge in [0.1, 0.15) is 0 Å². The molecule has 0 unspecified atom stereocenters. The van der Waals surface area contributed by atoms with Gasteiger partial charge >= 0.3 is 0 Å². The quantitative estimate of drug-likeness (QED) is 0.801. The van der Waals surface area contributed by atoms with E-state index in [4.69, 9.17) is 9.47 Å². The molecular formula is C13H26N2O4S. The van der Waals surface area contributed by atoms with Crippen LogP contribution in [0.25, 0.3) is 0 Å². The zero-order valence-corrected chi connectivity index (χ0v) is 13.2. The van der Waals surface area contributed by atoms with Crippen molar-refractivity contribution in [3.05, 3.63) is 0 Å². The van der Waals surface area contributed by atoms with E-state index in [9.17, 15) is 8.42 Å². The summed E-state index contributed by atoms with van der Waals surface area (Å²) in [6, 6.07) is -0.0116. The second kappa shape index (κ2) is 6.70. The average Bonchev–Trinajstić information content (AvgIpc) is 2.87. The number of nitrogens with zero attached hydrogens (tertiary/aromatic N) is 1. The smallest absolute Gasteiger partial charge is 0.279 e. The average molecular weight is 306 g/mol. The summed E-state index contributed by atoms with van der Waals surface area (Å²) in [6.07, 6.45) is 4.92. The van der Waals surface area contributed by atoms with Crippen molar-refractivity contribution in [2.45, 2.75) is 57.3 Å². The van der Waals surface area contributed by atoms with Crippen LogP contribution in [0.1, 0.15) is 45.4 Å². The van der Waals surface area contributed by atoms with E-state index in [-0.39, 0.29) is 6.04 Å². The number of rotatable bonds is 6. The first kappa shape index (κ1) is 16.2. The molecule has 2 rings (SSSR count). The SMILES string of the molecule is CCCCN(C)S(=O)(=O)NC1CCC2(CC1)OCCO2. The number of unbranched alkanes of at least 4 members (excludes halogenated alkanes) is 1. The lowest BCUT2D eigenvalue weighted by Crippen LogP contribution is -2.48. The third-order valence-corrected chi connectivity index (χ3v) is 5.75. The van der Waals surface area contributed by atoms with Crippen LogP contribution in [0.5, 0.6) is 0 Å². The molecule has 20 heavy (non-hydrogen) atoms. The number of hydrogen-bond donors (Lipinski definition) is 1. The molecule has 0 aromatic carbocycles. The molecule has 7 heteroatoms. The maximum Gasteiger partial charge on any atom is 0.279 e. The first-order valence-corrected chi connectivity index (χ1v) is 8.93. The van der Waals surface area contributed by atoms with Crippen molar-refractivity contribution in [1.29, 1.82) is 0 Å². The molecular weight excluding hydrogens is 280 g/mol. The molecule has 1 saturated carbocycles. The summed E-state index contributed by atoms with van der Waals surface area (Å²) in [4.78, 5) is 0. The van der Waals surface area contributed by atoms with Crippen LogP contribution in [-0.4, -0.2) is 51.4 Å². The molecule has 1 N–H and O–H groups in total. The van der Waals surface area contributed by atoms with Gasteiger partial charge in [-0.15, -0.1) is 0 Å². The maximum atomic E-state index is 12.2. The Bertz CT molecular complexity index is 397. The topological polar surface area (TPSA) is 67.9 Å². The first-order chi connectivity index (χ1) is 9.47. The molecule has 2 fully saturated rings. The summed E-state index contributed by atoms with van der Waals surface area (Å²) < 4.78 is 39.8. The van der Waals surface area contributed by atoms with Crippen LogP contribution >= 0.6 is 0 Å². The van der Waals surface area contributed by atoms with E-state index in [2.05, 4.69) is 11.6 Å². The molecule has 6 nitrogen and oxygen atoms in total. The van der Waals surface area contributed by atoms with Gasteiger partial charge in [-0.3, -0.25) is 0 Å². The van der Waals surface area contributed by atoms with E-state index in [1.807, 2.05) is 0 Å². The van der Waals surface area contributed by atoms with Crippen LogP contribution in [-0.2, 0) is 19.7 Å². The highest BCUT2D eigenvalue weighted by Gasteiger charge is 2.41. The Labute approximate surface area is 122 Å². The number of hydrogen-bond acceptors (Lipinski definition) is 4. The zero-order valence-electron chi connectivity index (χ0n) is 12.4. The van der Waals surface area contributed by atoms with Gasteiger partial charge in [0.25, 0.3) is 10.2 Å². The third kappa shape index (κ3) is 3.92. The van der Waals surface area contributed by atoms with Gasteiger partial charge in [0.2, 0.25) is 0 Å². The van der Waals surface area contributed by atoms with Gasteiger partial charge in [0.05, 0.1) is 13.2 Å². The van der Waals surface area contributed by atoms with Gasteiger partial charge in [-0.2, -0.15) is 17.4 Å². The summed E-state index contributed by atoms with van der Waals surface area (Å²) >= 11 is 0. The molecule has 0 atom stereocenters. The molecule has 1 heterocycles. The number of nitrogens with one attached hydrogen (secondary N) is 1. The van der Waals surface area contributed by atoms with Crippen molar-refractivity contribution >= 4 is 10.2 Å². The lowest BCUT2D eigenvalue weighted by molar-refractivity contribution is -0.178. The Hall–Kier alpha value is -0.210. The minimum Gasteiger partial charge on any atom is -0.348 e. The Morgan fingerprint density at radius 2 is 1.85 bits per heavy atom. The molecule has 0 amide bonds. The molecule has 1 spiro atoms. The highest BCUT2D eigenvalue weighted by atomic mass is 32.2. The minimum absolute atomic E-state index is 0.0116. The summed E-state index contributed by atoms with van der Waals surface area (Å²) in [5, 5.41) is 0. The Morgan fingerprint density at radius 1 is 1.25 bits per heavy atom. The van der Waals surface area contributed by atoms with Gasteiger partial charge in [0.15, 0.2) is 5.79 Å². The highest BCUT2D eigenvalue weighted by Crippen LogP contribution is 2.35. The van der Waals surface area contributed by atoms with E-state index in [0.717, 1.165) is 38.5 Å². The molecule has 1 aliphatic carbocycles. The van der Waals surface area contributed by atoms with Crippen molar-refractivity contribution in [3.8, 4) is 0 Å². The molecule has 0 aromatic heterocycles. The van der Waals surface area contributed by atoms with Crippen LogP contribution in [0.4, 0.5) is 0 Å². The highest BCUT2D eigenvalue weighted by molar-refractivity contribution is 7.87. The summed E-state index contributed by atoms with van der Waals surface area (Å²) in [7, 11) is -1.74. The molecule has 2 aliphatic rings. The fourth-order valence-electron chi connectivity index (χ4n) is 2.76. The summed E-state index contributed by atoms with van der Waals surface area (Å²) in [6.45, 7) is 3.91. The Balaban J connectivity index is 1.82. The molecule has 0 bridgehead atoms. The van der Waals surface area contributed by atoms with E-state index in [0.29, 0.717) is 19.8 Å². The van der Waals surface area contributed by atoms with Crippen molar-refractivity contribution in [1.82, 2.24) is 9.03 Å². The zero-order chi connectivity index (χ0) is 14.6. The molecule has 0 radical (unpaired) electrons. The van der Waals surface area contributed by atoms with Crippen molar-refractivity contribution in [2.24, 2.45) is 0 Å². The second-order valence-electron chi connectivity index (χ2n) is 5.68. The van der Waals surface area contributed by atoms with Crippen LogP contribution in [0.15, 0.2) is 0 Å². The van der Waals surface area contributed by atoms with E-state index in [1.54, 1.807) is 7.05 Å². The largest absolute Gasteiger partial charge is 0.348 e. The van der Waals surface area contributed by atoms with Crippen LogP contribution in [0.2, 0.25) is 0 Å². The van der Waals surface area contributed by atoms with Crippen molar-refractivity contribution < 1.29 is 17.9 Å². The van der Waals surface area contributed by atoms with E-state index in [1.165, 1.54) is 4.31 Å². The van der Waals surface area contributed by atoms with E-state index >= 15 is 0 Å². The Morgan fingerprint density at radius 3 is 2.40 bits per heavy atom. The molecule has 1 saturated heterocycles. The fraction of sp³-hybridized carbons (Fsp3) is 1.00. The Kier molecular flexibility index (Phi) is 5.42. The third-order valence-electron chi connectivity index (χ3n) is 4.11. The standard InChI is InChI=1S/C13H26N2O4S/c1-3-4-9-15(2)20(16,17)14-12-5-7-13(8-6-12)18-10-11-19-13/h12,14H,3-11H2,1-2H3. The molecule has 118 valence electrons. The van der Waals surface area contributed by atoms with Gasteiger partial charge in [-0.05, 0) is 19.3 Å². The van der Waals surface area contributed by atoms with Crippen LogP contribution in [0, 0.1) is 0 Å². The van der Waals surface area contributed by atoms with Crippen LogP contribution < -0.4 is 4.72 Å². The summed E-state index contributed by atoms with van der Waals surface area (Å²) in [5.74, 6) is -0.434. The molecule has 0 aromatic rings. The fourth-order valence-corrected chi connectivity index (χ4v) is 3.97. The summed E-state index contributed by atoms with van der Waals surface area (Å²) in [5.41, 5.74) is 0.